The molecule has 0 atom stereocenters. The number of Topliss-reactive ketones (excluding diaryl/α,β-unsaturated/α-hetero) is 1. The average Bonchev–Trinajstić information content (AvgIpc) is 3.39. The summed E-state index contributed by atoms with van der Waals surface area (Å²) in [6.07, 6.45) is 2.23. The number of ketones is 1. The summed E-state index contributed by atoms with van der Waals surface area (Å²) in [5.74, 6) is 1.63. The van der Waals surface area contributed by atoms with Crippen LogP contribution in [-0.4, -0.2) is 25.0 Å². The molecule has 4 heteroatoms. The van der Waals surface area contributed by atoms with Gasteiger partial charge in [-0.25, -0.2) is 0 Å². The summed E-state index contributed by atoms with van der Waals surface area (Å²) in [7, 11) is 3.25. The highest BCUT2D eigenvalue weighted by atomic mass is 16.5. The minimum atomic E-state index is -0.386. The molecular weight excluding hydrogens is 362 g/mol. The van der Waals surface area contributed by atoms with E-state index in [9.17, 15) is 4.79 Å². The zero-order valence-corrected chi connectivity index (χ0v) is 17.9. The molecule has 3 aromatic rings. The number of aromatic nitrogens is 1. The van der Waals surface area contributed by atoms with E-state index in [0.717, 1.165) is 34.9 Å². The summed E-state index contributed by atoms with van der Waals surface area (Å²) in [4.78, 5) is 16.8. The highest BCUT2D eigenvalue weighted by molar-refractivity contribution is 5.95. The highest BCUT2D eigenvalue weighted by Gasteiger charge is 2.50. The minimum absolute atomic E-state index is 0.0699. The molecule has 0 unspecified atom stereocenters. The number of benzene rings is 2. The van der Waals surface area contributed by atoms with Crippen LogP contribution in [0.1, 0.15) is 50.4 Å². The fourth-order valence-corrected chi connectivity index (χ4v) is 4.04. The second-order valence-corrected chi connectivity index (χ2v) is 9.11. The number of hydrogen-bond donors (Lipinski definition) is 1. The zero-order valence-electron chi connectivity index (χ0n) is 17.9. The molecule has 0 bridgehead atoms. The molecule has 0 saturated heterocycles. The molecule has 4 nitrogen and oxygen atoms in total. The van der Waals surface area contributed by atoms with Crippen LogP contribution in [-0.2, 0) is 22.0 Å². The van der Waals surface area contributed by atoms with E-state index in [4.69, 9.17) is 9.47 Å². The van der Waals surface area contributed by atoms with Gasteiger partial charge in [0, 0.05) is 23.0 Å². The van der Waals surface area contributed by atoms with Gasteiger partial charge in [-0.15, -0.1) is 0 Å². The molecule has 1 saturated carbocycles. The molecule has 0 spiro atoms. The molecule has 4 rings (SSSR count). The van der Waals surface area contributed by atoms with Crippen LogP contribution in [0.15, 0.2) is 42.5 Å². The third-order valence-electron chi connectivity index (χ3n) is 6.08. The van der Waals surface area contributed by atoms with Crippen molar-refractivity contribution in [2.75, 3.05) is 14.2 Å². The summed E-state index contributed by atoms with van der Waals surface area (Å²) < 4.78 is 10.8. The number of ether oxygens (including phenoxy) is 2. The van der Waals surface area contributed by atoms with E-state index in [1.54, 1.807) is 14.2 Å². The second-order valence-electron chi connectivity index (χ2n) is 9.11. The molecule has 1 aliphatic rings. The van der Waals surface area contributed by atoms with Crippen LogP contribution in [0.25, 0.3) is 10.9 Å². The average molecular weight is 392 g/mol. The van der Waals surface area contributed by atoms with Crippen LogP contribution < -0.4 is 9.47 Å². The molecule has 0 radical (unpaired) electrons. The summed E-state index contributed by atoms with van der Waals surface area (Å²) in [5, 5.41) is 1.16. The largest absolute Gasteiger partial charge is 0.493 e. The zero-order chi connectivity index (χ0) is 20.8. The number of aromatic amines is 1. The van der Waals surface area contributed by atoms with Gasteiger partial charge in [-0.2, -0.15) is 0 Å². The Bertz CT molecular complexity index is 1070. The van der Waals surface area contributed by atoms with E-state index in [1.165, 1.54) is 5.69 Å². The van der Waals surface area contributed by atoms with Gasteiger partial charge in [-0.3, -0.25) is 4.79 Å². The van der Waals surface area contributed by atoms with E-state index in [0.29, 0.717) is 17.9 Å². The maximum Gasteiger partial charge on any atom is 0.161 e. The third kappa shape index (κ3) is 3.52. The van der Waals surface area contributed by atoms with Crippen molar-refractivity contribution in [2.45, 2.75) is 50.9 Å². The van der Waals surface area contributed by atoms with Crippen molar-refractivity contribution in [1.29, 1.82) is 0 Å². The van der Waals surface area contributed by atoms with Crippen LogP contribution >= 0.6 is 0 Å². The molecule has 1 aromatic heterocycles. The van der Waals surface area contributed by atoms with Crippen molar-refractivity contribution in [2.24, 2.45) is 0 Å². The molecule has 29 heavy (non-hydrogen) atoms. The monoisotopic (exact) mass is 391 g/mol. The number of carbonyl (C=O) groups is 1. The third-order valence-corrected chi connectivity index (χ3v) is 6.08. The lowest BCUT2D eigenvalue weighted by Gasteiger charge is -2.17. The van der Waals surface area contributed by atoms with E-state index in [-0.39, 0.29) is 16.6 Å². The predicted molar refractivity (Wildman–Crippen MR) is 116 cm³/mol. The van der Waals surface area contributed by atoms with E-state index in [1.807, 2.05) is 18.2 Å². The van der Waals surface area contributed by atoms with Crippen molar-refractivity contribution >= 4 is 16.7 Å². The van der Waals surface area contributed by atoms with Gasteiger partial charge in [-0.1, -0.05) is 32.9 Å². The fraction of sp³-hybridized carbons (Fsp3) is 0.400. The standard InChI is InChI=1S/C25H29NO3/c1-24(2,3)22-14-17-12-16(6-8-19(17)26-22)13-23(27)25(10-11-25)18-7-9-20(28-4)21(15-18)29-5/h6-9,12,14-15,26H,10-11,13H2,1-5H3. The smallest absolute Gasteiger partial charge is 0.161 e. The molecule has 0 aliphatic heterocycles. The summed E-state index contributed by atoms with van der Waals surface area (Å²) >= 11 is 0. The molecule has 2 aromatic carbocycles. The first-order chi connectivity index (χ1) is 13.8. The van der Waals surface area contributed by atoms with Crippen LogP contribution in [0, 0.1) is 0 Å². The molecular formula is C25H29NO3. The number of H-pyrrole nitrogens is 1. The van der Waals surface area contributed by atoms with Crippen LogP contribution in [0.5, 0.6) is 11.5 Å². The quantitative estimate of drug-likeness (QED) is 0.618. The van der Waals surface area contributed by atoms with E-state index < -0.39 is 0 Å². The van der Waals surface area contributed by atoms with Gasteiger partial charge in [0.25, 0.3) is 0 Å². The predicted octanol–water partition coefficient (Wildman–Crippen LogP) is 5.33. The van der Waals surface area contributed by atoms with E-state index in [2.05, 4.69) is 50.0 Å². The van der Waals surface area contributed by atoms with Gasteiger partial charge < -0.3 is 14.5 Å². The Hall–Kier alpha value is -2.75. The fourth-order valence-electron chi connectivity index (χ4n) is 4.04. The van der Waals surface area contributed by atoms with Gasteiger partial charge in [0.1, 0.15) is 5.78 Å². The van der Waals surface area contributed by atoms with Crippen LogP contribution in [0.3, 0.4) is 0 Å². The lowest BCUT2D eigenvalue weighted by atomic mass is 9.87. The Labute approximate surface area is 172 Å². The van der Waals surface area contributed by atoms with E-state index >= 15 is 0 Å². The molecule has 1 heterocycles. The molecule has 0 amide bonds. The van der Waals surface area contributed by atoms with Crippen molar-refractivity contribution < 1.29 is 14.3 Å². The molecule has 1 N–H and O–H groups in total. The summed E-state index contributed by atoms with van der Waals surface area (Å²) in [6, 6.07) is 14.3. The number of methoxy groups -OCH3 is 2. The summed E-state index contributed by atoms with van der Waals surface area (Å²) in [6.45, 7) is 6.59. The van der Waals surface area contributed by atoms with Gasteiger partial charge in [0.2, 0.25) is 0 Å². The molecule has 1 fully saturated rings. The maximum atomic E-state index is 13.3. The number of fused-ring (bicyclic) bond motifs is 1. The van der Waals surface area contributed by atoms with Crippen molar-refractivity contribution in [3.8, 4) is 11.5 Å². The van der Waals surface area contributed by atoms with Crippen molar-refractivity contribution in [3.05, 3.63) is 59.3 Å². The first kappa shape index (κ1) is 19.6. The Morgan fingerprint density at radius 2 is 1.72 bits per heavy atom. The number of rotatable bonds is 6. The lowest BCUT2D eigenvalue weighted by Crippen LogP contribution is -2.22. The normalized spacial score (nSPS) is 15.3. The van der Waals surface area contributed by atoms with Crippen molar-refractivity contribution in [1.82, 2.24) is 4.98 Å². The first-order valence-corrected chi connectivity index (χ1v) is 10.1. The van der Waals surface area contributed by atoms with Crippen LogP contribution in [0.4, 0.5) is 0 Å². The Kier molecular flexibility index (Phi) is 4.68. The minimum Gasteiger partial charge on any atom is -0.493 e. The maximum absolute atomic E-state index is 13.3. The number of carbonyl (C=O) groups excluding carboxylic acids is 1. The molecule has 1 aliphatic carbocycles. The second kappa shape index (κ2) is 6.94. The SMILES string of the molecule is COc1ccc(C2(C(=O)Cc3ccc4[nH]c(C(C)(C)C)cc4c3)CC2)cc1OC. The molecule has 152 valence electrons. The highest BCUT2D eigenvalue weighted by Crippen LogP contribution is 2.51. The van der Waals surface area contributed by atoms with Gasteiger partial charge in [-0.05, 0) is 59.7 Å². The van der Waals surface area contributed by atoms with Gasteiger partial charge >= 0.3 is 0 Å². The van der Waals surface area contributed by atoms with Crippen LogP contribution in [0.2, 0.25) is 0 Å². The number of hydrogen-bond acceptors (Lipinski definition) is 3. The Morgan fingerprint density at radius 1 is 1.00 bits per heavy atom. The van der Waals surface area contributed by atoms with Crippen molar-refractivity contribution in [3.63, 3.8) is 0 Å². The lowest BCUT2D eigenvalue weighted by molar-refractivity contribution is -0.120. The Balaban J connectivity index is 1.59. The topological polar surface area (TPSA) is 51.3 Å². The first-order valence-electron chi connectivity index (χ1n) is 10.1. The van der Waals surface area contributed by atoms with Gasteiger partial charge in [0.05, 0.1) is 19.6 Å². The number of nitrogens with one attached hydrogen (secondary N) is 1. The summed E-state index contributed by atoms with van der Waals surface area (Å²) in [5.41, 5.74) is 4.10. The Morgan fingerprint density at radius 3 is 2.34 bits per heavy atom. The van der Waals surface area contributed by atoms with Gasteiger partial charge in [0.15, 0.2) is 11.5 Å².